The molecule has 0 aliphatic heterocycles. The lowest BCUT2D eigenvalue weighted by Gasteiger charge is -2.19. The van der Waals surface area contributed by atoms with Crippen LogP contribution in [-0.2, 0) is 19.0 Å². The summed E-state index contributed by atoms with van der Waals surface area (Å²) in [4.78, 5) is 9.12. The van der Waals surface area contributed by atoms with Gasteiger partial charge in [0.15, 0.2) is 11.6 Å². The molecule has 0 saturated heterocycles. The van der Waals surface area contributed by atoms with Gasteiger partial charge in [-0.1, -0.05) is 31.0 Å². The number of aromatic nitrogens is 4. The lowest BCUT2D eigenvalue weighted by atomic mass is 9.96. The van der Waals surface area contributed by atoms with Crippen LogP contribution in [0.4, 0.5) is 29.2 Å². The lowest BCUT2D eigenvalue weighted by Crippen LogP contribution is -2.13. The topological polar surface area (TPSA) is 66.5 Å². The van der Waals surface area contributed by atoms with E-state index in [1.807, 2.05) is 0 Å². The molecular formula is C24H21F4N5. The number of fused-ring (bicyclic) bond motifs is 2. The van der Waals surface area contributed by atoms with Gasteiger partial charge in [-0.2, -0.15) is 18.3 Å². The molecule has 1 aliphatic rings. The van der Waals surface area contributed by atoms with Gasteiger partial charge in [0.05, 0.1) is 11.1 Å². The first-order valence-electron chi connectivity index (χ1n) is 10.9. The average molecular weight is 455 g/mol. The normalized spacial score (nSPS) is 14.5. The van der Waals surface area contributed by atoms with E-state index in [0.29, 0.717) is 35.4 Å². The maximum absolute atomic E-state index is 13.8. The van der Waals surface area contributed by atoms with Gasteiger partial charge in [-0.25, -0.2) is 14.4 Å². The Bertz CT molecular complexity index is 1310. The van der Waals surface area contributed by atoms with Crippen molar-refractivity contribution in [3.63, 3.8) is 0 Å². The molecule has 0 radical (unpaired) electrons. The molecule has 1 aliphatic carbocycles. The van der Waals surface area contributed by atoms with E-state index >= 15 is 0 Å². The molecule has 5 nitrogen and oxygen atoms in total. The van der Waals surface area contributed by atoms with Gasteiger partial charge in [0.25, 0.3) is 0 Å². The van der Waals surface area contributed by atoms with E-state index in [4.69, 9.17) is 0 Å². The highest BCUT2D eigenvalue weighted by atomic mass is 19.4. The van der Waals surface area contributed by atoms with Gasteiger partial charge < -0.3 is 5.32 Å². The number of halogens is 4. The molecule has 9 heteroatoms. The summed E-state index contributed by atoms with van der Waals surface area (Å²) in [5.41, 5.74) is 1.39. The molecule has 2 aromatic carbocycles. The van der Waals surface area contributed by atoms with Crippen molar-refractivity contribution in [3.05, 3.63) is 65.1 Å². The van der Waals surface area contributed by atoms with Crippen molar-refractivity contribution in [2.45, 2.75) is 44.7 Å². The Balaban J connectivity index is 1.67. The van der Waals surface area contributed by atoms with E-state index in [9.17, 15) is 17.6 Å². The summed E-state index contributed by atoms with van der Waals surface area (Å²) >= 11 is 0. The molecule has 0 fully saturated rings. The molecule has 5 rings (SSSR count). The lowest BCUT2D eigenvalue weighted by molar-refractivity contribution is -0.137. The van der Waals surface area contributed by atoms with Crippen molar-refractivity contribution >= 4 is 22.5 Å². The third-order valence-corrected chi connectivity index (χ3v) is 5.92. The van der Waals surface area contributed by atoms with Crippen LogP contribution in [0.15, 0.2) is 42.5 Å². The number of hydrogen-bond donors (Lipinski definition) is 2. The summed E-state index contributed by atoms with van der Waals surface area (Å²) in [5, 5.41) is 10.8. The van der Waals surface area contributed by atoms with Crippen LogP contribution < -0.4 is 5.32 Å². The first kappa shape index (κ1) is 21.4. The fourth-order valence-electron chi connectivity index (χ4n) is 4.29. The molecule has 0 saturated carbocycles. The van der Waals surface area contributed by atoms with Gasteiger partial charge in [-0.15, -0.1) is 0 Å². The van der Waals surface area contributed by atoms with Gasteiger partial charge in [-0.3, -0.25) is 5.10 Å². The number of benzene rings is 2. The zero-order chi connectivity index (χ0) is 23.0. The van der Waals surface area contributed by atoms with Crippen LogP contribution in [0.3, 0.4) is 0 Å². The van der Waals surface area contributed by atoms with Crippen LogP contribution in [0.1, 0.15) is 42.5 Å². The largest absolute Gasteiger partial charge is 0.417 e. The number of nitrogens with one attached hydrogen (secondary N) is 2. The van der Waals surface area contributed by atoms with E-state index in [1.165, 1.54) is 24.3 Å². The molecule has 33 heavy (non-hydrogen) atoms. The van der Waals surface area contributed by atoms with E-state index in [1.54, 1.807) is 12.1 Å². The zero-order valence-corrected chi connectivity index (χ0v) is 17.6. The summed E-state index contributed by atoms with van der Waals surface area (Å²) in [7, 11) is 0. The number of rotatable bonds is 3. The monoisotopic (exact) mass is 455 g/mol. The van der Waals surface area contributed by atoms with Crippen LogP contribution in [0.25, 0.3) is 22.3 Å². The summed E-state index contributed by atoms with van der Waals surface area (Å²) < 4.78 is 54.9. The number of nitrogens with zero attached hydrogens (tertiary/aromatic N) is 3. The minimum atomic E-state index is -4.53. The summed E-state index contributed by atoms with van der Waals surface area (Å²) in [6.45, 7) is 0. The van der Waals surface area contributed by atoms with Gasteiger partial charge in [0.2, 0.25) is 0 Å². The number of aryl methyl sites for hydroxylation is 1. The van der Waals surface area contributed by atoms with Crippen molar-refractivity contribution in [2.75, 3.05) is 5.32 Å². The fraction of sp³-hybridized carbons (Fsp3) is 0.292. The SMILES string of the molecule is Fc1ccc2[nH]nc(Nc3nc(-c4ccccc4C(F)(F)F)nc4c3CCCCCC4)c2c1. The molecule has 0 atom stereocenters. The van der Waals surface area contributed by atoms with Crippen LogP contribution in [0.2, 0.25) is 0 Å². The molecule has 0 amide bonds. The van der Waals surface area contributed by atoms with Gasteiger partial charge >= 0.3 is 6.18 Å². The quantitative estimate of drug-likeness (QED) is 0.343. The Labute approximate surface area is 187 Å². The van der Waals surface area contributed by atoms with E-state index in [2.05, 4.69) is 25.5 Å². The van der Waals surface area contributed by atoms with E-state index in [-0.39, 0.29) is 11.4 Å². The molecule has 2 aromatic heterocycles. The second kappa shape index (κ2) is 8.46. The minimum absolute atomic E-state index is 0.00997. The highest BCUT2D eigenvalue weighted by Gasteiger charge is 2.34. The summed E-state index contributed by atoms with van der Waals surface area (Å²) in [6, 6.07) is 9.58. The number of H-pyrrole nitrogens is 1. The van der Waals surface area contributed by atoms with E-state index < -0.39 is 17.6 Å². The van der Waals surface area contributed by atoms with Crippen molar-refractivity contribution in [3.8, 4) is 11.4 Å². The molecule has 0 unspecified atom stereocenters. The smallest absolute Gasteiger partial charge is 0.323 e. The number of alkyl halides is 3. The van der Waals surface area contributed by atoms with Gasteiger partial charge in [0.1, 0.15) is 11.6 Å². The van der Waals surface area contributed by atoms with Crippen LogP contribution in [0.5, 0.6) is 0 Å². The molecular weight excluding hydrogens is 434 g/mol. The number of aromatic amines is 1. The maximum atomic E-state index is 13.8. The number of anilines is 2. The third-order valence-electron chi connectivity index (χ3n) is 5.92. The number of hydrogen-bond acceptors (Lipinski definition) is 4. The predicted molar refractivity (Wildman–Crippen MR) is 118 cm³/mol. The molecule has 2 heterocycles. The molecule has 2 N–H and O–H groups in total. The van der Waals surface area contributed by atoms with Gasteiger partial charge in [-0.05, 0) is 49.9 Å². The van der Waals surface area contributed by atoms with Crippen LogP contribution in [-0.4, -0.2) is 20.2 Å². The van der Waals surface area contributed by atoms with Crippen molar-refractivity contribution in [1.29, 1.82) is 0 Å². The molecule has 170 valence electrons. The Morgan fingerprint density at radius 2 is 1.67 bits per heavy atom. The third kappa shape index (κ3) is 4.27. The maximum Gasteiger partial charge on any atom is 0.417 e. The van der Waals surface area contributed by atoms with E-state index in [0.717, 1.165) is 43.0 Å². The highest BCUT2D eigenvalue weighted by Crippen LogP contribution is 2.37. The second-order valence-corrected chi connectivity index (χ2v) is 8.17. The summed E-state index contributed by atoms with van der Waals surface area (Å²) in [5.74, 6) is 0.370. The van der Waals surface area contributed by atoms with Crippen molar-refractivity contribution in [2.24, 2.45) is 0 Å². The van der Waals surface area contributed by atoms with Gasteiger partial charge in [0, 0.05) is 22.2 Å². The molecule has 0 spiro atoms. The van der Waals surface area contributed by atoms with Crippen LogP contribution in [0, 0.1) is 5.82 Å². The predicted octanol–water partition coefficient (Wildman–Crippen LogP) is 6.58. The Morgan fingerprint density at radius 3 is 2.48 bits per heavy atom. The second-order valence-electron chi connectivity index (χ2n) is 8.17. The average Bonchev–Trinajstić information content (AvgIpc) is 3.15. The van der Waals surface area contributed by atoms with Crippen molar-refractivity contribution < 1.29 is 17.6 Å². The molecule has 0 bridgehead atoms. The Kier molecular flexibility index (Phi) is 5.47. The van der Waals surface area contributed by atoms with Crippen LogP contribution >= 0.6 is 0 Å². The standard InChI is InChI=1S/C24H21F4N5/c25-14-11-12-20-17(13-14)23(33-32-20)31-22-16-8-3-1-2-4-10-19(16)29-21(30-22)15-7-5-6-9-18(15)24(26,27)28/h5-7,9,11-13H,1-4,8,10H2,(H2,29,30,31,32,33). The Hall–Kier alpha value is -3.49. The first-order chi connectivity index (χ1) is 15.9. The first-order valence-corrected chi connectivity index (χ1v) is 10.9. The Morgan fingerprint density at radius 1 is 0.879 bits per heavy atom. The fourth-order valence-corrected chi connectivity index (χ4v) is 4.29. The highest BCUT2D eigenvalue weighted by molar-refractivity contribution is 5.91. The summed E-state index contributed by atoms with van der Waals surface area (Å²) in [6.07, 6.45) is 0.769. The zero-order valence-electron chi connectivity index (χ0n) is 17.6. The minimum Gasteiger partial charge on any atom is -0.323 e. The molecule has 4 aromatic rings. The van der Waals surface area contributed by atoms with Crippen molar-refractivity contribution in [1.82, 2.24) is 20.2 Å².